The van der Waals surface area contributed by atoms with Crippen molar-refractivity contribution >= 4 is 28.5 Å². The number of para-hydroxylation sites is 1. The Balaban J connectivity index is 1.81. The van der Waals surface area contributed by atoms with Gasteiger partial charge in [-0.15, -0.1) is 5.10 Å². The van der Waals surface area contributed by atoms with E-state index in [0.717, 1.165) is 11.1 Å². The second kappa shape index (κ2) is 11.1. The third-order valence-corrected chi connectivity index (χ3v) is 6.11. The molecule has 0 fully saturated rings. The Labute approximate surface area is 208 Å². The van der Waals surface area contributed by atoms with E-state index in [4.69, 9.17) is 4.74 Å². The number of rotatable bonds is 9. The Kier molecular flexibility index (Phi) is 7.70. The van der Waals surface area contributed by atoms with Gasteiger partial charge in [-0.3, -0.25) is 14.5 Å². The number of carbonyl (C=O) groups excluding carboxylic acids is 2. The van der Waals surface area contributed by atoms with Crippen molar-refractivity contribution in [2.45, 2.75) is 26.4 Å². The standard InChI is InChI=1S/C27H28FN5O3/c1-18-7-6-10-23(19(18)2)33(25(34)17-32-24-9-5-4-8-22(24)30-31-32)26(27(35)29-15-16-36-3)20-11-13-21(28)14-12-20/h4-14,26H,15-17H2,1-3H3,(H,29,35)/t26-/m0/s1. The summed E-state index contributed by atoms with van der Waals surface area (Å²) in [4.78, 5) is 29.0. The highest BCUT2D eigenvalue weighted by Crippen LogP contribution is 2.32. The molecule has 2 amide bonds. The quantitative estimate of drug-likeness (QED) is 0.362. The van der Waals surface area contributed by atoms with Crippen LogP contribution in [0.5, 0.6) is 0 Å². The number of nitrogens with one attached hydrogen (secondary N) is 1. The summed E-state index contributed by atoms with van der Waals surface area (Å²) in [5.41, 5.74) is 4.25. The van der Waals surface area contributed by atoms with Crippen molar-refractivity contribution in [1.82, 2.24) is 20.3 Å². The number of fused-ring (bicyclic) bond motifs is 1. The van der Waals surface area contributed by atoms with Crippen molar-refractivity contribution in [3.8, 4) is 0 Å². The third kappa shape index (κ3) is 5.26. The third-order valence-electron chi connectivity index (χ3n) is 6.11. The van der Waals surface area contributed by atoms with Crippen LogP contribution in [-0.4, -0.2) is 47.1 Å². The number of aromatic nitrogens is 3. The number of ether oxygens (including phenoxy) is 1. The monoisotopic (exact) mass is 489 g/mol. The summed E-state index contributed by atoms with van der Waals surface area (Å²) in [6, 6.07) is 17.5. The average Bonchev–Trinajstić information content (AvgIpc) is 3.28. The van der Waals surface area contributed by atoms with Gasteiger partial charge in [0.2, 0.25) is 11.8 Å². The summed E-state index contributed by atoms with van der Waals surface area (Å²) < 4.78 is 20.4. The van der Waals surface area contributed by atoms with E-state index >= 15 is 0 Å². The van der Waals surface area contributed by atoms with Gasteiger partial charge in [0.25, 0.3) is 0 Å². The molecule has 0 unspecified atom stereocenters. The van der Waals surface area contributed by atoms with E-state index < -0.39 is 17.8 Å². The highest BCUT2D eigenvalue weighted by Gasteiger charge is 2.34. The Morgan fingerprint density at radius 1 is 1.06 bits per heavy atom. The van der Waals surface area contributed by atoms with E-state index in [1.165, 1.54) is 41.0 Å². The molecule has 3 aromatic carbocycles. The van der Waals surface area contributed by atoms with Crippen LogP contribution in [0, 0.1) is 19.7 Å². The molecule has 0 aliphatic heterocycles. The lowest BCUT2D eigenvalue weighted by Crippen LogP contribution is -2.46. The van der Waals surface area contributed by atoms with Crippen LogP contribution < -0.4 is 10.2 Å². The number of hydrogen-bond acceptors (Lipinski definition) is 5. The van der Waals surface area contributed by atoms with E-state index in [1.54, 1.807) is 6.07 Å². The van der Waals surface area contributed by atoms with Crippen LogP contribution in [-0.2, 0) is 20.9 Å². The van der Waals surface area contributed by atoms with Crippen LogP contribution >= 0.6 is 0 Å². The summed E-state index contributed by atoms with van der Waals surface area (Å²) in [5, 5.41) is 11.1. The van der Waals surface area contributed by atoms with E-state index in [2.05, 4.69) is 15.6 Å². The van der Waals surface area contributed by atoms with Crippen LogP contribution in [0.25, 0.3) is 11.0 Å². The van der Waals surface area contributed by atoms with Crippen molar-refractivity contribution in [3.63, 3.8) is 0 Å². The van der Waals surface area contributed by atoms with E-state index in [9.17, 15) is 14.0 Å². The fourth-order valence-corrected chi connectivity index (χ4v) is 4.09. The summed E-state index contributed by atoms with van der Waals surface area (Å²) in [5.74, 6) is -1.21. The lowest BCUT2D eigenvalue weighted by molar-refractivity contribution is -0.127. The van der Waals surface area contributed by atoms with Gasteiger partial charge >= 0.3 is 0 Å². The number of amides is 2. The van der Waals surface area contributed by atoms with Gasteiger partial charge < -0.3 is 10.1 Å². The molecule has 0 saturated heterocycles. The van der Waals surface area contributed by atoms with Gasteiger partial charge in [-0.2, -0.15) is 0 Å². The van der Waals surface area contributed by atoms with Gasteiger partial charge in [-0.1, -0.05) is 41.6 Å². The van der Waals surface area contributed by atoms with E-state index in [1.807, 2.05) is 50.2 Å². The molecule has 0 aliphatic carbocycles. The molecule has 1 aromatic heterocycles. The van der Waals surface area contributed by atoms with E-state index in [0.29, 0.717) is 28.9 Å². The molecule has 4 rings (SSSR count). The van der Waals surface area contributed by atoms with Crippen molar-refractivity contribution in [1.29, 1.82) is 0 Å². The Hall–Kier alpha value is -4.11. The maximum absolute atomic E-state index is 14.0. The van der Waals surface area contributed by atoms with Gasteiger partial charge in [-0.05, 0) is 60.9 Å². The second-order valence-corrected chi connectivity index (χ2v) is 8.46. The largest absolute Gasteiger partial charge is 0.383 e. The van der Waals surface area contributed by atoms with Crippen molar-refractivity contribution in [3.05, 3.63) is 89.2 Å². The fourth-order valence-electron chi connectivity index (χ4n) is 4.09. The van der Waals surface area contributed by atoms with Gasteiger partial charge in [0.05, 0.1) is 12.1 Å². The fraction of sp³-hybridized carbons (Fsp3) is 0.259. The first-order valence-electron chi connectivity index (χ1n) is 11.6. The predicted octanol–water partition coefficient (Wildman–Crippen LogP) is 3.72. The molecule has 8 nitrogen and oxygen atoms in total. The summed E-state index contributed by atoms with van der Waals surface area (Å²) >= 11 is 0. The van der Waals surface area contributed by atoms with Gasteiger partial charge in [0.15, 0.2) is 0 Å². The predicted molar refractivity (Wildman–Crippen MR) is 135 cm³/mol. The minimum absolute atomic E-state index is 0.142. The molecule has 1 N–H and O–H groups in total. The molecule has 36 heavy (non-hydrogen) atoms. The highest BCUT2D eigenvalue weighted by molar-refractivity contribution is 6.02. The molecular weight excluding hydrogens is 461 g/mol. The Morgan fingerprint density at radius 3 is 2.56 bits per heavy atom. The first-order valence-corrected chi connectivity index (χ1v) is 11.6. The molecule has 0 aliphatic rings. The zero-order valence-corrected chi connectivity index (χ0v) is 20.4. The normalized spacial score (nSPS) is 11.9. The molecule has 186 valence electrons. The molecule has 0 spiro atoms. The number of hydrogen-bond donors (Lipinski definition) is 1. The first kappa shape index (κ1) is 25.0. The number of nitrogens with zero attached hydrogens (tertiary/aromatic N) is 4. The number of aryl methyl sites for hydroxylation is 1. The minimum Gasteiger partial charge on any atom is -0.383 e. The molecule has 9 heteroatoms. The second-order valence-electron chi connectivity index (χ2n) is 8.46. The average molecular weight is 490 g/mol. The number of anilines is 1. The minimum atomic E-state index is -1.05. The van der Waals surface area contributed by atoms with Crippen LogP contribution in [0.2, 0.25) is 0 Å². The molecule has 4 aromatic rings. The molecule has 0 radical (unpaired) electrons. The zero-order valence-electron chi connectivity index (χ0n) is 20.4. The first-order chi connectivity index (χ1) is 17.4. The van der Waals surface area contributed by atoms with Crippen LogP contribution in [0.15, 0.2) is 66.7 Å². The summed E-state index contributed by atoms with van der Waals surface area (Å²) in [6.45, 7) is 4.27. The zero-order chi connectivity index (χ0) is 25.7. The highest BCUT2D eigenvalue weighted by atomic mass is 19.1. The molecule has 1 heterocycles. The number of halogens is 1. The maximum Gasteiger partial charge on any atom is 0.249 e. The van der Waals surface area contributed by atoms with Crippen LogP contribution in [0.1, 0.15) is 22.7 Å². The van der Waals surface area contributed by atoms with E-state index in [-0.39, 0.29) is 19.0 Å². The van der Waals surface area contributed by atoms with Gasteiger partial charge in [0, 0.05) is 19.3 Å². The maximum atomic E-state index is 14.0. The van der Waals surface area contributed by atoms with Crippen LogP contribution in [0.3, 0.4) is 0 Å². The summed E-state index contributed by atoms with van der Waals surface area (Å²) in [6.07, 6.45) is 0. The van der Waals surface area contributed by atoms with Crippen molar-refractivity contribution in [2.24, 2.45) is 0 Å². The Morgan fingerprint density at radius 2 is 1.81 bits per heavy atom. The van der Waals surface area contributed by atoms with Crippen molar-refractivity contribution in [2.75, 3.05) is 25.2 Å². The Bertz CT molecular complexity index is 1370. The van der Waals surface area contributed by atoms with Gasteiger partial charge in [0.1, 0.15) is 23.9 Å². The smallest absolute Gasteiger partial charge is 0.249 e. The van der Waals surface area contributed by atoms with Crippen molar-refractivity contribution < 1.29 is 18.7 Å². The van der Waals surface area contributed by atoms with Gasteiger partial charge in [-0.25, -0.2) is 9.07 Å². The number of methoxy groups -OCH3 is 1. The lowest BCUT2D eigenvalue weighted by atomic mass is 10.00. The summed E-state index contributed by atoms with van der Waals surface area (Å²) in [7, 11) is 1.54. The number of benzene rings is 3. The number of carbonyl (C=O) groups is 2. The SMILES string of the molecule is COCCNC(=O)[C@H](c1ccc(F)cc1)N(C(=O)Cn1nnc2ccccc21)c1cccc(C)c1C. The molecule has 1 atom stereocenters. The molecular formula is C27H28FN5O3. The lowest BCUT2D eigenvalue weighted by Gasteiger charge is -2.33. The topological polar surface area (TPSA) is 89.4 Å². The molecule has 0 bridgehead atoms. The van der Waals surface area contributed by atoms with Crippen LogP contribution in [0.4, 0.5) is 10.1 Å². The molecule has 0 saturated carbocycles.